The van der Waals surface area contributed by atoms with Crippen LogP contribution in [0.3, 0.4) is 0 Å². The molecule has 7 nitrogen and oxygen atoms in total. The molecule has 0 spiro atoms. The number of carbonyl (C=O) groups excluding carboxylic acids is 2. The highest BCUT2D eigenvalue weighted by Crippen LogP contribution is 2.28. The number of nitrogens with zero attached hydrogens (tertiary/aromatic N) is 2. The molecule has 0 radical (unpaired) electrons. The minimum Gasteiger partial charge on any atom is -0.463 e. The van der Waals surface area contributed by atoms with Crippen LogP contribution >= 0.6 is 0 Å². The molecule has 0 aliphatic carbocycles. The Morgan fingerprint density at radius 3 is 2.63 bits per heavy atom. The molecule has 0 fully saturated rings. The summed E-state index contributed by atoms with van der Waals surface area (Å²) in [6.45, 7) is 3.19. The normalized spacial score (nSPS) is 10.9. The minimum atomic E-state index is -0.393. The number of hydrogen-bond donors (Lipinski definition) is 1. The third-order valence-electron chi connectivity index (χ3n) is 4.19. The smallest absolute Gasteiger partial charge is 0.259 e. The second-order valence-corrected chi connectivity index (χ2v) is 6.04. The molecule has 0 saturated heterocycles. The number of aryl methyl sites for hydroxylation is 1. The van der Waals surface area contributed by atoms with Crippen molar-refractivity contribution in [1.29, 1.82) is 0 Å². The standard InChI is InChI=1S/C20H15N3O4/c1-11-18-14(19(25)21-15-7-4-3-6-13(15)12(2)24)10-16(17-8-5-9-26-17)22-20(18)27-23-11/h3-10H,1-2H3,(H,21,25). The van der Waals surface area contributed by atoms with E-state index >= 15 is 0 Å². The van der Waals surface area contributed by atoms with Crippen LogP contribution < -0.4 is 5.32 Å². The molecule has 7 heteroatoms. The van der Waals surface area contributed by atoms with Crippen molar-refractivity contribution in [3.8, 4) is 11.5 Å². The summed E-state index contributed by atoms with van der Waals surface area (Å²) in [4.78, 5) is 29.2. The largest absolute Gasteiger partial charge is 0.463 e. The van der Waals surface area contributed by atoms with Gasteiger partial charge >= 0.3 is 0 Å². The summed E-state index contributed by atoms with van der Waals surface area (Å²) in [6.07, 6.45) is 1.52. The van der Waals surface area contributed by atoms with E-state index in [0.717, 1.165) is 0 Å². The number of ketones is 1. The Morgan fingerprint density at radius 2 is 1.89 bits per heavy atom. The number of aromatic nitrogens is 2. The van der Waals surface area contributed by atoms with E-state index in [2.05, 4.69) is 15.5 Å². The van der Waals surface area contributed by atoms with Crippen LogP contribution in [-0.2, 0) is 0 Å². The SMILES string of the molecule is CC(=O)c1ccccc1NC(=O)c1cc(-c2ccco2)nc2onc(C)c12. The Labute approximate surface area is 154 Å². The van der Waals surface area contributed by atoms with E-state index in [-0.39, 0.29) is 11.5 Å². The van der Waals surface area contributed by atoms with Crippen molar-refractivity contribution >= 4 is 28.5 Å². The number of hydrogen-bond acceptors (Lipinski definition) is 6. The minimum absolute atomic E-state index is 0.136. The number of Topliss-reactive ketones (excluding diaryl/α,β-unsaturated/α-hetero) is 1. The van der Waals surface area contributed by atoms with Gasteiger partial charge < -0.3 is 14.3 Å². The van der Waals surface area contributed by atoms with Gasteiger partial charge in [-0.25, -0.2) is 4.98 Å². The van der Waals surface area contributed by atoms with Crippen LogP contribution in [0.1, 0.15) is 33.3 Å². The fraction of sp³-hybridized carbons (Fsp3) is 0.100. The molecule has 0 atom stereocenters. The zero-order valence-electron chi connectivity index (χ0n) is 14.6. The monoisotopic (exact) mass is 361 g/mol. The molecule has 3 heterocycles. The van der Waals surface area contributed by atoms with Crippen molar-refractivity contribution in [3.63, 3.8) is 0 Å². The molecule has 1 N–H and O–H groups in total. The number of nitrogens with one attached hydrogen (secondary N) is 1. The lowest BCUT2D eigenvalue weighted by Gasteiger charge is -2.10. The molecule has 0 aliphatic rings. The lowest BCUT2D eigenvalue weighted by atomic mass is 10.1. The number of fused-ring (bicyclic) bond motifs is 1. The van der Waals surface area contributed by atoms with Gasteiger partial charge in [0.1, 0.15) is 5.69 Å². The van der Waals surface area contributed by atoms with Gasteiger partial charge in [-0.15, -0.1) is 0 Å². The van der Waals surface area contributed by atoms with Crippen molar-refractivity contribution in [2.24, 2.45) is 0 Å². The molecule has 27 heavy (non-hydrogen) atoms. The number of anilines is 1. The van der Waals surface area contributed by atoms with Crippen molar-refractivity contribution in [2.45, 2.75) is 13.8 Å². The number of pyridine rings is 1. The van der Waals surface area contributed by atoms with Gasteiger partial charge in [-0.05, 0) is 44.2 Å². The Balaban J connectivity index is 1.82. The van der Waals surface area contributed by atoms with Crippen LogP contribution in [0, 0.1) is 6.92 Å². The Morgan fingerprint density at radius 1 is 1.07 bits per heavy atom. The lowest BCUT2D eigenvalue weighted by molar-refractivity contribution is 0.101. The van der Waals surface area contributed by atoms with Crippen LogP contribution in [0.5, 0.6) is 0 Å². The van der Waals surface area contributed by atoms with Crippen LogP contribution in [0.15, 0.2) is 57.7 Å². The van der Waals surface area contributed by atoms with E-state index in [1.165, 1.54) is 13.2 Å². The number of rotatable bonds is 4. The van der Waals surface area contributed by atoms with E-state index in [4.69, 9.17) is 8.94 Å². The highest BCUT2D eigenvalue weighted by Gasteiger charge is 2.21. The quantitative estimate of drug-likeness (QED) is 0.546. The Bertz CT molecular complexity index is 1160. The Hall–Kier alpha value is -3.74. The average molecular weight is 361 g/mol. The first kappa shape index (κ1) is 16.7. The van der Waals surface area contributed by atoms with Crippen molar-refractivity contribution in [2.75, 3.05) is 5.32 Å². The van der Waals surface area contributed by atoms with Gasteiger partial charge in [0, 0.05) is 5.56 Å². The molecule has 0 aliphatic heterocycles. The van der Waals surface area contributed by atoms with E-state index in [1.807, 2.05) is 0 Å². The molecule has 0 unspecified atom stereocenters. The predicted octanol–water partition coefficient (Wildman–Crippen LogP) is 4.25. The van der Waals surface area contributed by atoms with Crippen LogP contribution in [-0.4, -0.2) is 21.8 Å². The molecule has 3 aromatic heterocycles. The molecular formula is C20H15N3O4. The third kappa shape index (κ3) is 2.99. The number of furan rings is 1. The molecule has 0 saturated carbocycles. The van der Waals surface area contributed by atoms with E-state index in [9.17, 15) is 9.59 Å². The number of benzene rings is 1. The number of amides is 1. The lowest BCUT2D eigenvalue weighted by Crippen LogP contribution is -2.15. The molecule has 1 amide bonds. The first-order valence-electron chi connectivity index (χ1n) is 8.27. The van der Waals surface area contributed by atoms with E-state index < -0.39 is 5.91 Å². The van der Waals surface area contributed by atoms with Crippen LogP contribution in [0.2, 0.25) is 0 Å². The third-order valence-corrected chi connectivity index (χ3v) is 4.19. The van der Waals surface area contributed by atoms with Gasteiger partial charge in [-0.2, -0.15) is 0 Å². The molecule has 1 aromatic carbocycles. The molecule has 4 aromatic rings. The predicted molar refractivity (Wildman–Crippen MR) is 98.6 cm³/mol. The van der Waals surface area contributed by atoms with Gasteiger partial charge in [0.2, 0.25) is 0 Å². The molecule has 0 bridgehead atoms. The first-order valence-corrected chi connectivity index (χ1v) is 8.27. The fourth-order valence-electron chi connectivity index (χ4n) is 2.91. The van der Waals surface area contributed by atoms with E-state index in [0.29, 0.717) is 39.3 Å². The fourth-order valence-corrected chi connectivity index (χ4v) is 2.91. The highest BCUT2D eigenvalue weighted by atomic mass is 16.5. The zero-order chi connectivity index (χ0) is 19.0. The van der Waals surface area contributed by atoms with Crippen molar-refractivity contribution in [3.05, 3.63) is 65.5 Å². The maximum Gasteiger partial charge on any atom is 0.259 e. The first-order chi connectivity index (χ1) is 13.0. The summed E-state index contributed by atoms with van der Waals surface area (Å²) in [5.74, 6) is -0.0254. The van der Waals surface area contributed by atoms with E-state index in [1.54, 1.807) is 49.4 Å². The van der Waals surface area contributed by atoms with Gasteiger partial charge in [-0.1, -0.05) is 17.3 Å². The second-order valence-electron chi connectivity index (χ2n) is 6.04. The number of para-hydroxylation sites is 1. The highest BCUT2D eigenvalue weighted by molar-refractivity contribution is 6.14. The zero-order valence-corrected chi connectivity index (χ0v) is 14.6. The number of carbonyl (C=O) groups is 2. The summed E-state index contributed by atoms with van der Waals surface area (Å²) in [5.41, 5.74) is 2.45. The maximum absolute atomic E-state index is 13.0. The van der Waals surface area contributed by atoms with Gasteiger partial charge in [0.05, 0.1) is 28.6 Å². The maximum atomic E-state index is 13.0. The summed E-state index contributed by atoms with van der Waals surface area (Å²) in [6, 6.07) is 11.9. The summed E-state index contributed by atoms with van der Waals surface area (Å²) in [7, 11) is 0. The van der Waals surface area contributed by atoms with Gasteiger partial charge in [0.15, 0.2) is 11.5 Å². The van der Waals surface area contributed by atoms with Crippen molar-refractivity contribution < 1.29 is 18.5 Å². The average Bonchev–Trinajstić information content (AvgIpc) is 3.31. The van der Waals surface area contributed by atoms with Gasteiger partial charge in [-0.3, -0.25) is 9.59 Å². The molecule has 4 rings (SSSR count). The summed E-state index contributed by atoms with van der Waals surface area (Å²) in [5, 5.41) is 7.23. The second kappa shape index (κ2) is 6.53. The van der Waals surface area contributed by atoms with Gasteiger partial charge in [0.25, 0.3) is 11.6 Å². The molecule has 134 valence electrons. The van der Waals surface area contributed by atoms with Crippen molar-refractivity contribution in [1.82, 2.24) is 10.1 Å². The summed E-state index contributed by atoms with van der Waals surface area (Å²) >= 11 is 0. The Kier molecular flexibility index (Phi) is 4.04. The van der Waals surface area contributed by atoms with Crippen LogP contribution in [0.25, 0.3) is 22.6 Å². The topological polar surface area (TPSA) is 98.2 Å². The van der Waals surface area contributed by atoms with Crippen LogP contribution in [0.4, 0.5) is 5.69 Å². The molecular weight excluding hydrogens is 346 g/mol. The summed E-state index contributed by atoms with van der Waals surface area (Å²) < 4.78 is 10.6.